The fourth-order valence-corrected chi connectivity index (χ4v) is 2.62. The van der Waals surface area contributed by atoms with Gasteiger partial charge in [-0.1, -0.05) is 12.1 Å². The summed E-state index contributed by atoms with van der Waals surface area (Å²) in [6, 6.07) is 4.29. The lowest BCUT2D eigenvalue weighted by Crippen LogP contribution is -2.33. The summed E-state index contributed by atoms with van der Waals surface area (Å²) in [5, 5.41) is 20.2. The highest BCUT2D eigenvalue weighted by atomic mass is 32.2. The van der Waals surface area contributed by atoms with Crippen molar-refractivity contribution in [2.75, 3.05) is 19.4 Å². The first-order valence-corrected chi connectivity index (χ1v) is 7.33. The molecule has 0 saturated carbocycles. The number of carbonyl (C=O) groups is 2. The molecular weight excluding hydrogens is 300 g/mol. The Morgan fingerprint density at radius 3 is 2.29 bits per heavy atom. The van der Waals surface area contributed by atoms with Crippen molar-refractivity contribution in [2.24, 2.45) is 0 Å². The van der Waals surface area contributed by atoms with Crippen LogP contribution >= 0.6 is 0 Å². The quantitative estimate of drug-likeness (QED) is 0.659. The summed E-state index contributed by atoms with van der Waals surface area (Å²) in [4.78, 5) is 21.6. The highest BCUT2D eigenvalue weighted by Crippen LogP contribution is 2.24. The van der Waals surface area contributed by atoms with Gasteiger partial charge < -0.3 is 15.5 Å². The van der Waals surface area contributed by atoms with Gasteiger partial charge in [0.25, 0.3) is 0 Å². The van der Waals surface area contributed by atoms with Gasteiger partial charge in [-0.3, -0.25) is 4.79 Å². The number of benzene rings is 1. The molecule has 21 heavy (non-hydrogen) atoms. The first-order chi connectivity index (χ1) is 9.66. The van der Waals surface area contributed by atoms with Crippen molar-refractivity contribution in [1.82, 2.24) is 4.31 Å². The molecule has 3 N–H and O–H groups in total. The van der Waals surface area contributed by atoms with Crippen LogP contribution in [0, 0.1) is 0 Å². The Hall–Kier alpha value is -2.13. The zero-order valence-corrected chi connectivity index (χ0v) is 12.3. The van der Waals surface area contributed by atoms with Gasteiger partial charge in [-0.05, 0) is 12.1 Å². The molecule has 0 spiro atoms. The molecule has 0 aliphatic carbocycles. The number of rotatable bonds is 7. The smallest absolute Gasteiger partial charge is 0.326 e. The minimum atomic E-state index is -3.78. The predicted molar refractivity (Wildman–Crippen MR) is 74.6 cm³/mol. The maximum atomic E-state index is 12.1. The van der Waals surface area contributed by atoms with Crippen LogP contribution in [0.1, 0.15) is 6.42 Å². The summed E-state index contributed by atoms with van der Waals surface area (Å²) < 4.78 is 25.3. The van der Waals surface area contributed by atoms with Crippen LogP contribution in [0.5, 0.6) is 0 Å². The molecule has 1 rings (SSSR count). The number of sulfonamides is 1. The van der Waals surface area contributed by atoms with Gasteiger partial charge in [0, 0.05) is 14.1 Å². The van der Waals surface area contributed by atoms with Gasteiger partial charge in [-0.2, -0.15) is 0 Å². The molecule has 8 nitrogen and oxygen atoms in total. The summed E-state index contributed by atoms with van der Waals surface area (Å²) in [7, 11) is -1.09. The van der Waals surface area contributed by atoms with E-state index in [-0.39, 0.29) is 10.6 Å². The molecule has 116 valence electrons. The third-order valence-corrected chi connectivity index (χ3v) is 4.53. The molecule has 0 heterocycles. The molecule has 0 saturated heterocycles. The fraction of sp³-hybridized carbons (Fsp3) is 0.333. The van der Waals surface area contributed by atoms with E-state index in [9.17, 15) is 18.0 Å². The third kappa shape index (κ3) is 4.17. The van der Waals surface area contributed by atoms with Crippen molar-refractivity contribution in [3.63, 3.8) is 0 Å². The lowest BCUT2D eigenvalue weighted by molar-refractivity contribution is -0.144. The van der Waals surface area contributed by atoms with Crippen molar-refractivity contribution in [3.05, 3.63) is 24.3 Å². The number of aliphatic carboxylic acids is 2. The average Bonchev–Trinajstić information content (AvgIpc) is 2.37. The molecule has 0 aromatic heterocycles. The maximum absolute atomic E-state index is 12.1. The minimum Gasteiger partial charge on any atom is -0.481 e. The molecular formula is C12H16N2O6S. The molecule has 1 unspecified atom stereocenters. The second-order valence-corrected chi connectivity index (χ2v) is 6.54. The van der Waals surface area contributed by atoms with Crippen molar-refractivity contribution in [1.29, 1.82) is 0 Å². The molecule has 0 bridgehead atoms. The summed E-state index contributed by atoms with van der Waals surface area (Å²) in [6.45, 7) is 0. The van der Waals surface area contributed by atoms with Crippen LogP contribution in [0.3, 0.4) is 0 Å². The number of carboxylic acid groups (broad SMARTS) is 2. The Balaban J connectivity index is 3.20. The van der Waals surface area contributed by atoms with Crippen molar-refractivity contribution in [2.45, 2.75) is 17.4 Å². The zero-order valence-electron chi connectivity index (χ0n) is 11.5. The van der Waals surface area contributed by atoms with E-state index in [1.54, 1.807) is 0 Å². The molecule has 0 fully saturated rings. The second kappa shape index (κ2) is 6.55. The number of anilines is 1. The number of carboxylic acids is 2. The maximum Gasteiger partial charge on any atom is 0.326 e. The number of para-hydroxylation sites is 1. The number of nitrogens with one attached hydrogen (secondary N) is 1. The Kier molecular flexibility index (Phi) is 5.28. The SMILES string of the molecule is CN(C)S(=O)(=O)c1ccccc1NC(CC(=O)O)C(=O)O. The van der Waals surface area contributed by atoms with E-state index in [1.807, 2.05) is 0 Å². The summed E-state index contributed by atoms with van der Waals surface area (Å²) in [5.41, 5.74) is 0.0415. The van der Waals surface area contributed by atoms with Crippen LogP contribution in [0.15, 0.2) is 29.2 Å². The second-order valence-electron chi connectivity index (χ2n) is 4.42. The van der Waals surface area contributed by atoms with E-state index in [0.717, 1.165) is 4.31 Å². The topological polar surface area (TPSA) is 124 Å². The average molecular weight is 316 g/mol. The molecule has 1 atom stereocenters. The molecule has 0 aliphatic heterocycles. The van der Waals surface area contributed by atoms with Crippen LogP contribution < -0.4 is 5.32 Å². The van der Waals surface area contributed by atoms with Gasteiger partial charge in [-0.25, -0.2) is 17.5 Å². The fourth-order valence-electron chi connectivity index (χ4n) is 1.57. The lowest BCUT2D eigenvalue weighted by atomic mass is 10.2. The first kappa shape index (κ1) is 16.9. The summed E-state index contributed by atoms with van der Waals surface area (Å²) in [5.74, 6) is -2.68. The Labute approximate surface area is 122 Å². The van der Waals surface area contributed by atoms with Gasteiger partial charge in [0.15, 0.2) is 0 Å². The first-order valence-electron chi connectivity index (χ1n) is 5.89. The number of nitrogens with zero attached hydrogens (tertiary/aromatic N) is 1. The van der Waals surface area contributed by atoms with Crippen LogP contribution in [0.4, 0.5) is 5.69 Å². The molecule has 9 heteroatoms. The van der Waals surface area contributed by atoms with Gasteiger partial charge in [0.1, 0.15) is 10.9 Å². The van der Waals surface area contributed by atoms with Gasteiger partial charge in [-0.15, -0.1) is 0 Å². The standard InChI is InChI=1S/C12H16N2O6S/c1-14(2)21(19,20)10-6-4-3-5-8(10)13-9(12(17)18)7-11(15)16/h3-6,9,13H,7H2,1-2H3,(H,15,16)(H,17,18). The third-order valence-electron chi connectivity index (χ3n) is 2.65. The van der Waals surface area contributed by atoms with Gasteiger partial charge >= 0.3 is 11.9 Å². The monoisotopic (exact) mass is 316 g/mol. The van der Waals surface area contributed by atoms with E-state index < -0.39 is 34.4 Å². The van der Waals surface area contributed by atoms with Crippen LogP contribution in [0.2, 0.25) is 0 Å². The van der Waals surface area contributed by atoms with Crippen LogP contribution in [0.25, 0.3) is 0 Å². The molecule has 0 amide bonds. The summed E-state index contributed by atoms with van der Waals surface area (Å²) in [6.07, 6.45) is -0.675. The number of hydrogen-bond acceptors (Lipinski definition) is 5. The highest BCUT2D eigenvalue weighted by Gasteiger charge is 2.25. The van der Waals surface area contributed by atoms with E-state index in [4.69, 9.17) is 10.2 Å². The minimum absolute atomic E-state index is 0.0415. The van der Waals surface area contributed by atoms with Crippen molar-refractivity contribution < 1.29 is 28.2 Å². The van der Waals surface area contributed by atoms with Gasteiger partial charge in [0.2, 0.25) is 10.0 Å². The Morgan fingerprint density at radius 2 is 1.81 bits per heavy atom. The highest BCUT2D eigenvalue weighted by molar-refractivity contribution is 7.89. The van der Waals surface area contributed by atoms with E-state index in [2.05, 4.69) is 5.32 Å². The van der Waals surface area contributed by atoms with Crippen molar-refractivity contribution >= 4 is 27.6 Å². The predicted octanol–water partition coefficient (Wildman–Crippen LogP) is 0.277. The van der Waals surface area contributed by atoms with Crippen LogP contribution in [-0.2, 0) is 19.6 Å². The van der Waals surface area contributed by atoms with E-state index in [1.165, 1.54) is 38.4 Å². The lowest BCUT2D eigenvalue weighted by Gasteiger charge is -2.19. The summed E-state index contributed by atoms with van der Waals surface area (Å²) >= 11 is 0. The molecule has 1 aromatic rings. The largest absolute Gasteiger partial charge is 0.481 e. The number of hydrogen-bond donors (Lipinski definition) is 3. The Morgan fingerprint density at radius 1 is 1.24 bits per heavy atom. The molecule has 1 aromatic carbocycles. The molecule has 0 radical (unpaired) electrons. The molecule has 0 aliphatic rings. The van der Waals surface area contributed by atoms with Gasteiger partial charge in [0.05, 0.1) is 12.1 Å². The van der Waals surface area contributed by atoms with E-state index in [0.29, 0.717) is 0 Å². The normalized spacial score (nSPS) is 12.9. The zero-order chi connectivity index (χ0) is 16.2. The van der Waals surface area contributed by atoms with Crippen LogP contribution in [-0.4, -0.2) is 55.0 Å². The Bertz CT molecular complexity index is 641. The van der Waals surface area contributed by atoms with Crippen molar-refractivity contribution in [3.8, 4) is 0 Å². The van der Waals surface area contributed by atoms with E-state index >= 15 is 0 Å².